The minimum atomic E-state index is -0.490. The highest BCUT2D eigenvalue weighted by atomic mass is 19.1. The Morgan fingerprint density at radius 2 is 2.32 bits per heavy atom. The number of carbonyl (C=O) groups is 1. The summed E-state index contributed by atoms with van der Waals surface area (Å²) in [5.74, 6) is 0.0108. The van der Waals surface area contributed by atoms with Crippen LogP contribution in [0.1, 0.15) is 19.4 Å². The van der Waals surface area contributed by atoms with Crippen molar-refractivity contribution in [2.45, 2.75) is 32.5 Å². The second kappa shape index (κ2) is 7.56. The van der Waals surface area contributed by atoms with E-state index >= 15 is 0 Å². The van der Waals surface area contributed by atoms with E-state index in [0.717, 1.165) is 6.54 Å². The minimum Gasteiger partial charge on any atom is -0.496 e. The smallest absolute Gasteiger partial charge is 0.250 e. The summed E-state index contributed by atoms with van der Waals surface area (Å²) in [7, 11) is 1.52. The first-order valence-corrected chi connectivity index (χ1v) is 7.47. The molecule has 1 aromatic rings. The maximum atomic E-state index is 13.3. The van der Waals surface area contributed by atoms with Crippen molar-refractivity contribution in [3.05, 3.63) is 29.6 Å². The molecule has 1 atom stereocenters. The van der Waals surface area contributed by atoms with Crippen molar-refractivity contribution in [1.82, 2.24) is 10.2 Å². The van der Waals surface area contributed by atoms with Crippen LogP contribution in [-0.2, 0) is 16.1 Å². The summed E-state index contributed by atoms with van der Waals surface area (Å²) in [6, 6.07) is 4.62. The SMILES string of the molecule is COc1ccc(F)cc1CNC(=O)C1CN(C(C)C)CCO1. The fourth-order valence-corrected chi connectivity index (χ4v) is 2.48. The number of nitrogens with zero attached hydrogens (tertiary/aromatic N) is 1. The Hall–Kier alpha value is -1.66. The van der Waals surface area contributed by atoms with Gasteiger partial charge in [0.2, 0.25) is 0 Å². The second-order valence-corrected chi connectivity index (χ2v) is 5.62. The van der Waals surface area contributed by atoms with Gasteiger partial charge in [0.05, 0.1) is 13.7 Å². The van der Waals surface area contributed by atoms with Crippen molar-refractivity contribution < 1.29 is 18.7 Å². The first kappa shape index (κ1) is 16.7. The van der Waals surface area contributed by atoms with E-state index in [1.54, 1.807) is 6.07 Å². The zero-order valence-electron chi connectivity index (χ0n) is 13.3. The summed E-state index contributed by atoms with van der Waals surface area (Å²) in [5, 5.41) is 2.79. The van der Waals surface area contributed by atoms with Crippen molar-refractivity contribution >= 4 is 5.91 Å². The lowest BCUT2D eigenvalue weighted by atomic mass is 10.1. The van der Waals surface area contributed by atoms with Gasteiger partial charge in [-0.15, -0.1) is 0 Å². The average molecular weight is 310 g/mol. The van der Waals surface area contributed by atoms with Gasteiger partial charge in [-0.1, -0.05) is 0 Å². The molecular formula is C16H23FN2O3. The third-order valence-electron chi connectivity index (χ3n) is 3.82. The molecule has 0 bridgehead atoms. The molecule has 22 heavy (non-hydrogen) atoms. The maximum absolute atomic E-state index is 13.3. The number of amides is 1. The van der Waals surface area contributed by atoms with Crippen LogP contribution < -0.4 is 10.1 Å². The molecule has 6 heteroatoms. The number of rotatable bonds is 5. The molecule has 1 fully saturated rings. The Morgan fingerprint density at radius 1 is 1.55 bits per heavy atom. The lowest BCUT2D eigenvalue weighted by Crippen LogP contribution is -2.51. The Kier molecular flexibility index (Phi) is 5.74. The molecule has 1 aliphatic rings. The van der Waals surface area contributed by atoms with Crippen LogP contribution in [0.3, 0.4) is 0 Å². The van der Waals surface area contributed by atoms with E-state index in [-0.39, 0.29) is 18.3 Å². The van der Waals surface area contributed by atoms with Crippen molar-refractivity contribution in [3.8, 4) is 5.75 Å². The van der Waals surface area contributed by atoms with E-state index in [0.29, 0.717) is 30.5 Å². The standard InChI is InChI=1S/C16H23FN2O3/c1-11(2)19-6-7-22-15(10-19)16(20)18-9-12-8-13(17)4-5-14(12)21-3/h4-5,8,11,15H,6-7,9-10H2,1-3H3,(H,18,20). The van der Waals surface area contributed by atoms with Crippen LogP contribution in [0, 0.1) is 5.82 Å². The molecule has 1 aliphatic heterocycles. The number of hydrogen-bond acceptors (Lipinski definition) is 4. The van der Waals surface area contributed by atoms with Gasteiger partial charge in [0, 0.05) is 31.2 Å². The van der Waals surface area contributed by atoms with Gasteiger partial charge >= 0.3 is 0 Å². The zero-order chi connectivity index (χ0) is 16.1. The van der Waals surface area contributed by atoms with Gasteiger partial charge in [0.15, 0.2) is 0 Å². The molecule has 0 aromatic heterocycles. The number of hydrogen-bond donors (Lipinski definition) is 1. The number of nitrogens with one attached hydrogen (secondary N) is 1. The first-order valence-electron chi connectivity index (χ1n) is 7.47. The van der Waals surface area contributed by atoms with Gasteiger partial charge in [-0.25, -0.2) is 4.39 Å². The lowest BCUT2D eigenvalue weighted by Gasteiger charge is -2.34. The quantitative estimate of drug-likeness (QED) is 0.897. The highest BCUT2D eigenvalue weighted by Gasteiger charge is 2.27. The summed E-state index contributed by atoms with van der Waals surface area (Å²) in [6.07, 6.45) is -0.490. The minimum absolute atomic E-state index is 0.184. The number of ether oxygens (including phenoxy) is 2. The van der Waals surface area contributed by atoms with Crippen LogP contribution in [0.2, 0.25) is 0 Å². The van der Waals surface area contributed by atoms with E-state index < -0.39 is 6.10 Å². The van der Waals surface area contributed by atoms with Crippen LogP contribution in [0.15, 0.2) is 18.2 Å². The molecular weight excluding hydrogens is 287 g/mol. The number of methoxy groups -OCH3 is 1. The van der Waals surface area contributed by atoms with Crippen LogP contribution in [0.25, 0.3) is 0 Å². The second-order valence-electron chi connectivity index (χ2n) is 5.62. The predicted octanol–water partition coefficient (Wildman–Crippen LogP) is 1.56. The molecule has 2 rings (SSSR count). The van der Waals surface area contributed by atoms with E-state index in [9.17, 15) is 9.18 Å². The molecule has 5 nitrogen and oxygen atoms in total. The highest BCUT2D eigenvalue weighted by Crippen LogP contribution is 2.19. The molecule has 1 saturated heterocycles. The maximum Gasteiger partial charge on any atom is 0.250 e. The van der Waals surface area contributed by atoms with Crippen LogP contribution in [0.4, 0.5) is 4.39 Å². The number of halogens is 1. The molecule has 1 heterocycles. The average Bonchev–Trinajstić information content (AvgIpc) is 2.52. The third kappa shape index (κ3) is 4.18. The van der Waals surface area contributed by atoms with Crippen molar-refractivity contribution in [3.63, 3.8) is 0 Å². The molecule has 1 unspecified atom stereocenters. The van der Waals surface area contributed by atoms with Gasteiger partial charge in [-0.3, -0.25) is 9.69 Å². The van der Waals surface area contributed by atoms with Crippen LogP contribution in [0.5, 0.6) is 5.75 Å². The first-order chi connectivity index (χ1) is 10.5. The van der Waals surface area contributed by atoms with Crippen molar-refractivity contribution in [1.29, 1.82) is 0 Å². The summed E-state index contributed by atoms with van der Waals surface area (Å²) in [5.41, 5.74) is 0.604. The summed E-state index contributed by atoms with van der Waals surface area (Å²) >= 11 is 0. The lowest BCUT2D eigenvalue weighted by molar-refractivity contribution is -0.139. The van der Waals surface area contributed by atoms with Crippen molar-refractivity contribution in [2.24, 2.45) is 0 Å². The summed E-state index contributed by atoms with van der Waals surface area (Å²) in [4.78, 5) is 14.4. The van der Waals surface area contributed by atoms with Gasteiger partial charge in [0.1, 0.15) is 17.7 Å². The van der Waals surface area contributed by atoms with E-state index in [1.807, 2.05) is 0 Å². The third-order valence-corrected chi connectivity index (χ3v) is 3.82. The molecule has 0 radical (unpaired) electrons. The van der Waals surface area contributed by atoms with E-state index in [4.69, 9.17) is 9.47 Å². The summed E-state index contributed by atoms with van der Waals surface area (Å²) in [6.45, 7) is 6.35. The van der Waals surface area contributed by atoms with Gasteiger partial charge in [0.25, 0.3) is 5.91 Å². The molecule has 1 aromatic carbocycles. The number of carbonyl (C=O) groups excluding carboxylic acids is 1. The molecule has 0 saturated carbocycles. The highest BCUT2D eigenvalue weighted by molar-refractivity contribution is 5.81. The topological polar surface area (TPSA) is 50.8 Å². The normalized spacial score (nSPS) is 19.2. The Labute approximate surface area is 130 Å². The van der Waals surface area contributed by atoms with Gasteiger partial charge < -0.3 is 14.8 Å². The molecule has 1 amide bonds. The molecule has 1 N–H and O–H groups in total. The van der Waals surface area contributed by atoms with E-state index in [2.05, 4.69) is 24.1 Å². The molecule has 0 spiro atoms. The number of benzene rings is 1. The van der Waals surface area contributed by atoms with E-state index in [1.165, 1.54) is 19.2 Å². The molecule has 0 aliphatic carbocycles. The van der Waals surface area contributed by atoms with Crippen molar-refractivity contribution in [2.75, 3.05) is 26.8 Å². The molecule has 122 valence electrons. The fourth-order valence-electron chi connectivity index (χ4n) is 2.48. The summed E-state index contributed by atoms with van der Waals surface area (Å²) < 4.78 is 24.0. The van der Waals surface area contributed by atoms with Crippen LogP contribution in [-0.4, -0.2) is 49.8 Å². The fraction of sp³-hybridized carbons (Fsp3) is 0.562. The number of morpholine rings is 1. The Balaban J connectivity index is 1.94. The zero-order valence-corrected chi connectivity index (χ0v) is 13.3. The monoisotopic (exact) mass is 310 g/mol. The van der Waals surface area contributed by atoms with Gasteiger partial charge in [-0.2, -0.15) is 0 Å². The predicted molar refractivity (Wildman–Crippen MR) is 81.2 cm³/mol. The van der Waals surface area contributed by atoms with Crippen LogP contribution >= 0.6 is 0 Å². The Bertz CT molecular complexity index is 522. The Morgan fingerprint density at radius 3 is 3.00 bits per heavy atom. The largest absolute Gasteiger partial charge is 0.496 e. The van der Waals surface area contributed by atoms with Gasteiger partial charge in [-0.05, 0) is 32.0 Å².